The van der Waals surface area contributed by atoms with Crippen molar-refractivity contribution in [3.05, 3.63) is 152 Å². The molecule has 0 spiro atoms. The third kappa shape index (κ3) is 5.04. The van der Waals surface area contributed by atoms with Gasteiger partial charge in [0, 0.05) is 22.7 Å². The molecule has 0 unspecified atom stereocenters. The first-order valence-electron chi connectivity index (χ1n) is 13.7. The maximum Gasteiger partial charge on any atom is 0.0868 e. The van der Waals surface area contributed by atoms with Crippen molar-refractivity contribution in [1.82, 2.24) is 0 Å². The Kier molecular flexibility index (Phi) is 6.44. The lowest BCUT2D eigenvalue weighted by Gasteiger charge is -2.36. The number of fused-ring (bicyclic) bond motifs is 2. The highest BCUT2D eigenvalue weighted by Gasteiger charge is 2.27. The minimum absolute atomic E-state index is 0.969. The van der Waals surface area contributed by atoms with E-state index in [1.165, 1.54) is 0 Å². The van der Waals surface area contributed by atoms with Crippen LogP contribution in [0.4, 0.5) is 62.6 Å². The summed E-state index contributed by atoms with van der Waals surface area (Å²) in [4.78, 5) is 2.32. The summed E-state index contributed by atoms with van der Waals surface area (Å²) in [6.45, 7) is 0. The van der Waals surface area contributed by atoms with E-state index in [1.54, 1.807) is 0 Å². The molecule has 0 saturated heterocycles. The lowest BCUT2D eigenvalue weighted by Crippen LogP contribution is -2.19. The number of nitrogens with one attached hydrogen (secondary N) is 4. The number of rotatable bonds is 7. The number of hydrogen-bond donors (Lipinski definition) is 4. The van der Waals surface area contributed by atoms with Gasteiger partial charge in [-0.25, -0.2) is 0 Å². The first kappa shape index (κ1) is 24.4. The van der Waals surface area contributed by atoms with Crippen LogP contribution < -0.4 is 26.2 Å². The van der Waals surface area contributed by atoms with Gasteiger partial charge in [0.25, 0.3) is 0 Å². The summed E-state index contributed by atoms with van der Waals surface area (Å²) in [5.74, 6) is 0. The van der Waals surface area contributed by atoms with E-state index in [0.29, 0.717) is 0 Å². The van der Waals surface area contributed by atoms with Gasteiger partial charge in [0.1, 0.15) is 0 Å². The van der Waals surface area contributed by atoms with Crippen molar-refractivity contribution in [3.8, 4) is 0 Å². The van der Waals surface area contributed by atoms with Crippen LogP contribution >= 0.6 is 0 Å². The summed E-state index contributed by atoms with van der Waals surface area (Å²) in [7, 11) is 0. The molecule has 6 aromatic rings. The van der Waals surface area contributed by atoms with Gasteiger partial charge in [0.05, 0.1) is 39.8 Å². The molecule has 0 saturated carbocycles. The van der Waals surface area contributed by atoms with E-state index in [1.807, 2.05) is 54.6 Å². The largest absolute Gasteiger partial charge is 0.354 e. The lowest BCUT2D eigenvalue weighted by atomic mass is 10.0. The first-order valence-corrected chi connectivity index (χ1v) is 13.7. The molecule has 0 fully saturated rings. The standard InChI is InChI=1S/C36H29N5/c1-5-14-26(15-6-1)37-30-22-13-23-34-36(30)40-33-24-31(38-27-16-7-2-8-17-27)32(39-28-18-9-3-10-19-28)25-35(33)41(34)29-20-11-4-12-21-29/h1-25,37-40H. The molecule has 6 aromatic carbocycles. The summed E-state index contributed by atoms with van der Waals surface area (Å²) < 4.78 is 0. The highest BCUT2D eigenvalue weighted by molar-refractivity contribution is 6.04. The lowest BCUT2D eigenvalue weighted by molar-refractivity contribution is 1.25. The van der Waals surface area contributed by atoms with E-state index < -0.39 is 0 Å². The first-order chi connectivity index (χ1) is 20.3. The van der Waals surface area contributed by atoms with Crippen molar-refractivity contribution in [3.63, 3.8) is 0 Å². The number of hydrogen-bond acceptors (Lipinski definition) is 5. The van der Waals surface area contributed by atoms with E-state index in [4.69, 9.17) is 0 Å². The summed E-state index contributed by atoms with van der Waals surface area (Å²) >= 11 is 0. The second-order valence-corrected chi connectivity index (χ2v) is 9.88. The zero-order chi connectivity index (χ0) is 27.4. The fourth-order valence-corrected chi connectivity index (χ4v) is 5.19. The number of benzene rings is 6. The van der Waals surface area contributed by atoms with Crippen LogP contribution in [0.2, 0.25) is 0 Å². The van der Waals surface area contributed by atoms with Crippen LogP contribution in [-0.2, 0) is 0 Å². The second-order valence-electron chi connectivity index (χ2n) is 9.88. The molecule has 0 aromatic heterocycles. The van der Waals surface area contributed by atoms with E-state index in [9.17, 15) is 0 Å². The molecular weight excluding hydrogens is 502 g/mol. The van der Waals surface area contributed by atoms with Crippen molar-refractivity contribution in [1.29, 1.82) is 0 Å². The Morgan fingerprint density at radius 3 is 1.46 bits per heavy atom. The molecule has 1 aliphatic rings. The molecule has 4 N–H and O–H groups in total. The molecule has 0 atom stereocenters. The average molecular weight is 532 g/mol. The van der Waals surface area contributed by atoms with Crippen LogP contribution in [0, 0.1) is 0 Å². The Labute approximate surface area is 240 Å². The number of anilines is 11. The topological polar surface area (TPSA) is 51.4 Å². The van der Waals surface area contributed by atoms with Crippen LogP contribution in [0.25, 0.3) is 0 Å². The maximum atomic E-state index is 3.77. The molecule has 0 amide bonds. The highest BCUT2D eigenvalue weighted by Crippen LogP contribution is 2.53. The van der Waals surface area contributed by atoms with E-state index >= 15 is 0 Å². The summed E-state index contributed by atoms with van der Waals surface area (Å²) in [5, 5.41) is 14.7. The van der Waals surface area contributed by atoms with Crippen molar-refractivity contribution >= 4 is 62.6 Å². The Balaban J connectivity index is 1.39. The predicted octanol–water partition coefficient (Wildman–Crippen LogP) is 10.4. The molecule has 0 aliphatic carbocycles. The van der Waals surface area contributed by atoms with Crippen molar-refractivity contribution in [2.75, 3.05) is 26.2 Å². The van der Waals surface area contributed by atoms with Gasteiger partial charge in [-0.15, -0.1) is 0 Å². The molecule has 5 heteroatoms. The van der Waals surface area contributed by atoms with Gasteiger partial charge in [-0.05, 0) is 72.8 Å². The normalized spacial score (nSPS) is 11.6. The molecule has 0 bridgehead atoms. The summed E-state index contributed by atoms with van der Waals surface area (Å²) in [6.07, 6.45) is 0. The SMILES string of the molecule is c1ccc(Nc2cc3c(cc2Nc2ccccc2)N(c2ccccc2)c2cccc(Nc4ccccc4)c2N3)cc1. The van der Waals surface area contributed by atoms with Gasteiger partial charge >= 0.3 is 0 Å². The Bertz CT molecular complexity index is 1770. The van der Waals surface area contributed by atoms with Gasteiger partial charge in [0.15, 0.2) is 0 Å². The minimum Gasteiger partial charge on any atom is -0.354 e. The Morgan fingerprint density at radius 2 is 0.902 bits per heavy atom. The van der Waals surface area contributed by atoms with Crippen LogP contribution in [0.3, 0.4) is 0 Å². The zero-order valence-electron chi connectivity index (χ0n) is 22.4. The van der Waals surface area contributed by atoms with E-state index in [2.05, 4.69) is 123 Å². The smallest absolute Gasteiger partial charge is 0.0868 e. The van der Waals surface area contributed by atoms with Gasteiger partial charge in [-0.2, -0.15) is 0 Å². The van der Waals surface area contributed by atoms with E-state index in [0.717, 1.165) is 62.6 Å². The monoisotopic (exact) mass is 531 g/mol. The molecule has 198 valence electrons. The summed E-state index contributed by atoms with van der Waals surface area (Å²) in [5.41, 5.74) is 11.2. The number of para-hydroxylation sites is 5. The van der Waals surface area contributed by atoms with Crippen LogP contribution in [0.1, 0.15) is 0 Å². The fourth-order valence-electron chi connectivity index (χ4n) is 5.19. The third-order valence-electron chi connectivity index (χ3n) is 7.09. The maximum absolute atomic E-state index is 3.77. The molecular formula is C36H29N5. The second kappa shape index (κ2) is 10.8. The van der Waals surface area contributed by atoms with Crippen LogP contribution in [0.15, 0.2) is 152 Å². The fraction of sp³-hybridized carbons (Fsp3) is 0. The highest BCUT2D eigenvalue weighted by atomic mass is 15.2. The van der Waals surface area contributed by atoms with Gasteiger partial charge in [-0.1, -0.05) is 78.9 Å². The van der Waals surface area contributed by atoms with Crippen LogP contribution in [-0.4, -0.2) is 0 Å². The molecule has 0 radical (unpaired) electrons. The zero-order valence-corrected chi connectivity index (χ0v) is 22.4. The quantitative estimate of drug-likeness (QED) is 0.165. The predicted molar refractivity (Wildman–Crippen MR) is 174 cm³/mol. The summed E-state index contributed by atoms with van der Waals surface area (Å²) in [6, 6.07) is 52.1. The molecule has 7 rings (SSSR count). The third-order valence-corrected chi connectivity index (χ3v) is 7.09. The van der Waals surface area contributed by atoms with Crippen molar-refractivity contribution in [2.45, 2.75) is 0 Å². The average Bonchev–Trinajstić information content (AvgIpc) is 3.03. The van der Waals surface area contributed by atoms with Gasteiger partial charge < -0.3 is 26.2 Å². The Morgan fingerprint density at radius 1 is 0.415 bits per heavy atom. The van der Waals surface area contributed by atoms with E-state index in [-0.39, 0.29) is 0 Å². The van der Waals surface area contributed by atoms with Crippen LogP contribution in [0.5, 0.6) is 0 Å². The minimum atomic E-state index is 0.969. The molecule has 1 heterocycles. The molecule has 1 aliphatic heterocycles. The molecule has 41 heavy (non-hydrogen) atoms. The number of nitrogens with zero attached hydrogens (tertiary/aromatic N) is 1. The Hall–Kier alpha value is -5.68. The van der Waals surface area contributed by atoms with Crippen molar-refractivity contribution in [2.24, 2.45) is 0 Å². The molecule has 5 nitrogen and oxygen atoms in total. The van der Waals surface area contributed by atoms with Crippen molar-refractivity contribution < 1.29 is 0 Å². The van der Waals surface area contributed by atoms with Gasteiger partial charge in [-0.3, -0.25) is 0 Å². The van der Waals surface area contributed by atoms with Gasteiger partial charge in [0.2, 0.25) is 0 Å².